The van der Waals surface area contributed by atoms with Crippen LogP contribution in [0.5, 0.6) is 0 Å². The summed E-state index contributed by atoms with van der Waals surface area (Å²) < 4.78 is 26.6. The molecule has 0 aromatic carbocycles. The Morgan fingerprint density at radius 3 is 2.18 bits per heavy atom. The first-order valence-corrected chi connectivity index (χ1v) is 26.5. The van der Waals surface area contributed by atoms with E-state index in [-0.39, 0.29) is 34.2 Å². The Kier molecular flexibility index (Phi) is 13.6. The predicted molar refractivity (Wildman–Crippen MR) is 219 cm³/mol. The Balaban J connectivity index is 1.47. The van der Waals surface area contributed by atoms with Gasteiger partial charge in [-0.3, -0.25) is 0 Å². The number of fused-ring (bicyclic) bond motifs is 1. The number of hydrogen-bond acceptors (Lipinski definition) is 4. The van der Waals surface area contributed by atoms with Crippen LogP contribution in [0.1, 0.15) is 153 Å². The third kappa shape index (κ3) is 10.2. The summed E-state index contributed by atoms with van der Waals surface area (Å²) in [4.78, 5) is 0. The molecule has 0 spiro atoms. The molecule has 0 radical (unpaired) electrons. The van der Waals surface area contributed by atoms with Gasteiger partial charge < -0.3 is 18.3 Å². The summed E-state index contributed by atoms with van der Waals surface area (Å²) in [6.07, 6.45) is 20.7. The van der Waals surface area contributed by atoms with Crippen LogP contribution in [0.25, 0.3) is 0 Å². The maximum atomic E-state index is 7.12. The molecule has 4 fully saturated rings. The van der Waals surface area contributed by atoms with Crippen molar-refractivity contribution in [3.8, 4) is 0 Å². The number of hydrogen-bond donors (Lipinski definition) is 0. The van der Waals surface area contributed by atoms with Crippen molar-refractivity contribution < 1.29 is 18.3 Å². The van der Waals surface area contributed by atoms with Crippen LogP contribution in [-0.2, 0) is 18.3 Å². The van der Waals surface area contributed by atoms with Gasteiger partial charge in [-0.2, -0.15) is 0 Å². The van der Waals surface area contributed by atoms with Crippen molar-refractivity contribution in [1.29, 1.82) is 0 Å². The van der Waals surface area contributed by atoms with Gasteiger partial charge in [0, 0.05) is 13.0 Å². The molecule has 0 unspecified atom stereocenters. The van der Waals surface area contributed by atoms with Crippen LogP contribution in [0.4, 0.5) is 0 Å². The lowest BCUT2D eigenvalue weighted by atomic mass is 9.60. The number of rotatable bonds is 12. The molecule has 0 N–H and O–H groups in total. The minimum Gasteiger partial charge on any atom is -0.413 e. The zero-order valence-electron chi connectivity index (χ0n) is 35.4. The summed E-state index contributed by atoms with van der Waals surface area (Å²) in [7, 11) is -3.91. The average molecular weight is 729 g/mol. The molecule has 50 heavy (non-hydrogen) atoms. The van der Waals surface area contributed by atoms with E-state index in [0.29, 0.717) is 11.3 Å². The van der Waals surface area contributed by atoms with Gasteiger partial charge in [0.15, 0.2) is 22.9 Å². The molecule has 3 aliphatic carbocycles. The fraction of sp³-hybridized carbons (Fsp3) is 0.864. The van der Waals surface area contributed by atoms with Gasteiger partial charge in [-0.25, -0.2) is 0 Å². The molecule has 4 rings (SSSR count). The van der Waals surface area contributed by atoms with Gasteiger partial charge in [0.2, 0.25) is 0 Å². The summed E-state index contributed by atoms with van der Waals surface area (Å²) in [5, 5.41) is 0.336. The Morgan fingerprint density at radius 1 is 0.900 bits per heavy atom. The summed E-state index contributed by atoms with van der Waals surface area (Å²) in [6.45, 7) is 38.9. The van der Waals surface area contributed by atoms with Crippen LogP contribution in [-0.4, -0.2) is 47.3 Å². The fourth-order valence-electron chi connectivity index (χ4n) is 9.25. The molecule has 7 atom stereocenters. The van der Waals surface area contributed by atoms with Gasteiger partial charge in [-0.1, -0.05) is 92.5 Å². The SMILES string of the molecule is C=C1/C(=C/C=C2\CCC[C@@]3(C)[C@@H]2CC[C@@H]3[C@H](C)CCCC(C)(C)O[C@H]2CCCCO2)C[C@H](O[Si](C)(C)C(C)(C)C)C[C@H]1O[Si](C)(C)C(C)(C)C. The summed E-state index contributed by atoms with van der Waals surface area (Å²) >= 11 is 0. The van der Waals surface area contributed by atoms with E-state index in [1.807, 2.05) is 0 Å². The number of allylic oxidation sites excluding steroid dienone is 3. The maximum Gasteiger partial charge on any atom is 0.192 e. The molecule has 6 heteroatoms. The third-order valence-corrected chi connectivity index (χ3v) is 23.5. The van der Waals surface area contributed by atoms with Gasteiger partial charge in [0.1, 0.15) is 0 Å². The van der Waals surface area contributed by atoms with Crippen molar-refractivity contribution in [1.82, 2.24) is 0 Å². The molecule has 0 bridgehead atoms. The highest BCUT2D eigenvalue weighted by molar-refractivity contribution is 6.74. The largest absolute Gasteiger partial charge is 0.413 e. The van der Waals surface area contributed by atoms with Crippen LogP contribution in [0.15, 0.2) is 35.5 Å². The molecule has 4 aliphatic rings. The second-order valence-electron chi connectivity index (χ2n) is 20.9. The molecule has 288 valence electrons. The van der Waals surface area contributed by atoms with E-state index in [1.165, 1.54) is 68.9 Å². The van der Waals surface area contributed by atoms with Crippen LogP contribution in [0.3, 0.4) is 0 Å². The van der Waals surface area contributed by atoms with E-state index < -0.39 is 16.6 Å². The van der Waals surface area contributed by atoms with Gasteiger partial charge >= 0.3 is 0 Å². The van der Waals surface area contributed by atoms with Crippen LogP contribution < -0.4 is 0 Å². The monoisotopic (exact) mass is 729 g/mol. The van der Waals surface area contributed by atoms with Crippen molar-refractivity contribution in [3.63, 3.8) is 0 Å². The summed E-state index contributed by atoms with van der Waals surface area (Å²) in [5.74, 6) is 2.23. The van der Waals surface area contributed by atoms with Gasteiger partial charge in [-0.05, 0) is 149 Å². The minimum absolute atomic E-state index is 0.00920. The molecule has 1 saturated heterocycles. The molecular formula is C44H80O4Si2. The van der Waals surface area contributed by atoms with E-state index in [4.69, 9.17) is 24.9 Å². The highest BCUT2D eigenvalue weighted by Gasteiger charge is 2.51. The Morgan fingerprint density at radius 2 is 1.56 bits per heavy atom. The fourth-order valence-corrected chi connectivity index (χ4v) is 11.9. The van der Waals surface area contributed by atoms with Gasteiger partial charge in [0.05, 0.1) is 17.8 Å². The molecule has 1 heterocycles. The van der Waals surface area contributed by atoms with Crippen molar-refractivity contribution in [3.05, 3.63) is 35.5 Å². The predicted octanol–water partition coefficient (Wildman–Crippen LogP) is 13.3. The first-order chi connectivity index (χ1) is 23.0. The zero-order valence-corrected chi connectivity index (χ0v) is 37.4. The van der Waals surface area contributed by atoms with Crippen LogP contribution >= 0.6 is 0 Å². The summed E-state index contributed by atoms with van der Waals surface area (Å²) in [5.41, 5.74) is 4.51. The first-order valence-electron chi connectivity index (χ1n) is 20.7. The molecular weight excluding hydrogens is 649 g/mol. The van der Waals surface area contributed by atoms with E-state index in [9.17, 15) is 0 Å². The smallest absolute Gasteiger partial charge is 0.192 e. The molecule has 3 saturated carbocycles. The summed E-state index contributed by atoms with van der Waals surface area (Å²) in [6, 6.07) is 0. The Hall–Kier alpha value is -0.506. The molecule has 0 aromatic heterocycles. The standard InChI is InChI=1S/C44H80O4Si2/c1-32(20-18-27-43(9,10)46-40-22-16-17-29-45-40)37-25-26-38-34(21-19-28-44(37,38)11)23-24-35-30-36(47-49(12,13)41(3,4)5)31-39(33(35)2)48-50(14,15)42(6,7)8/h23-24,32,36-40H,2,16-22,25-31H2,1,3-15H3/b34-23+,35-24+/t32-,36+,37-,38-,39-,40+,44-/m1/s1. The Labute approximate surface area is 312 Å². The van der Waals surface area contributed by atoms with Crippen LogP contribution in [0.2, 0.25) is 36.3 Å². The normalized spacial score (nSPS) is 32.8. The average Bonchev–Trinajstić information content (AvgIpc) is 3.34. The van der Waals surface area contributed by atoms with E-state index >= 15 is 0 Å². The maximum absolute atomic E-state index is 7.12. The van der Waals surface area contributed by atoms with Crippen molar-refractivity contribution in [2.24, 2.45) is 23.2 Å². The van der Waals surface area contributed by atoms with Crippen LogP contribution in [0, 0.1) is 23.2 Å². The Bertz CT molecular complexity index is 1210. The first kappa shape index (κ1) is 42.2. The second kappa shape index (κ2) is 16.1. The molecule has 4 nitrogen and oxygen atoms in total. The van der Waals surface area contributed by atoms with Gasteiger partial charge in [0.25, 0.3) is 0 Å². The van der Waals surface area contributed by atoms with E-state index in [1.54, 1.807) is 5.57 Å². The minimum atomic E-state index is -1.98. The lowest BCUT2D eigenvalue weighted by Crippen LogP contribution is -2.49. The van der Waals surface area contributed by atoms with E-state index in [0.717, 1.165) is 44.1 Å². The highest BCUT2D eigenvalue weighted by Crippen LogP contribution is 2.60. The number of ether oxygens (including phenoxy) is 2. The van der Waals surface area contributed by atoms with Crippen molar-refractivity contribution in [2.45, 2.75) is 213 Å². The molecule has 0 aromatic rings. The van der Waals surface area contributed by atoms with E-state index in [2.05, 4.69) is 108 Å². The quantitative estimate of drug-likeness (QED) is 0.188. The van der Waals surface area contributed by atoms with Crippen molar-refractivity contribution in [2.75, 3.05) is 6.61 Å². The lowest BCUT2D eigenvalue weighted by Gasteiger charge is -2.46. The van der Waals surface area contributed by atoms with Gasteiger partial charge in [-0.15, -0.1) is 0 Å². The van der Waals surface area contributed by atoms with Crippen molar-refractivity contribution >= 4 is 16.6 Å². The second-order valence-corrected chi connectivity index (χ2v) is 30.4. The molecule has 0 amide bonds. The lowest BCUT2D eigenvalue weighted by molar-refractivity contribution is -0.217. The zero-order chi connectivity index (χ0) is 37.3. The highest BCUT2D eigenvalue weighted by atomic mass is 28.4. The third-order valence-electron chi connectivity index (χ3n) is 14.5. The topological polar surface area (TPSA) is 36.9 Å². The molecule has 1 aliphatic heterocycles.